The summed E-state index contributed by atoms with van der Waals surface area (Å²) in [5.41, 5.74) is 1.73. The standard InChI is InChI=1S/C30H24F3NO4/c31-30(32,33)25-7-2-1-6-23(25)26-24(27(38-34-26)19-8-9-19)17-37-22-12-10-18(11-13-22)20-4-3-5-21(16-20)29(14-15-29)28(35)36/h1-7,10-13,16,19H,8-9,14-15,17H2,(H,35,36). The number of halogens is 3. The third-order valence-corrected chi connectivity index (χ3v) is 7.40. The number of carbonyl (C=O) groups is 1. The lowest BCUT2D eigenvalue weighted by atomic mass is 9.93. The minimum absolute atomic E-state index is 0.0207. The highest BCUT2D eigenvalue weighted by Gasteiger charge is 2.51. The van der Waals surface area contributed by atoms with Crippen LogP contribution in [0.4, 0.5) is 13.2 Å². The molecular formula is C30H24F3NO4. The summed E-state index contributed by atoms with van der Waals surface area (Å²) in [7, 11) is 0. The van der Waals surface area contributed by atoms with Gasteiger partial charge in [-0.1, -0.05) is 59.8 Å². The zero-order valence-corrected chi connectivity index (χ0v) is 20.3. The van der Waals surface area contributed by atoms with Crippen LogP contribution in [0.25, 0.3) is 22.4 Å². The Hall–Kier alpha value is -4.07. The molecule has 38 heavy (non-hydrogen) atoms. The van der Waals surface area contributed by atoms with Gasteiger partial charge in [0.05, 0.1) is 16.5 Å². The van der Waals surface area contributed by atoms with E-state index >= 15 is 0 Å². The fourth-order valence-corrected chi connectivity index (χ4v) is 4.92. The number of carboxylic acids is 1. The number of hydrogen-bond acceptors (Lipinski definition) is 4. The van der Waals surface area contributed by atoms with Crippen molar-refractivity contribution >= 4 is 5.97 Å². The molecule has 0 unspecified atom stereocenters. The Morgan fingerprint density at radius 1 is 1.00 bits per heavy atom. The van der Waals surface area contributed by atoms with Crippen LogP contribution in [0.1, 0.15) is 54.1 Å². The van der Waals surface area contributed by atoms with Gasteiger partial charge in [0.15, 0.2) is 0 Å². The second-order valence-corrected chi connectivity index (χ2v) is 9.97. The zero-order valence-electron chi connectivity index (χ0n) is 20.3. The van der Waals surface area contributed by atoms with Crippen molar-refractivity contribution in [2.24, 2.45) is 0 Å². The lowest BCUT2D eigenvalue weighted by Gasteiger charge is -2.13. The summed E-state index contributed by atoms with van der Waals surface area (Å²) in [5, 5.41) is 13.7. The molecule has 1 heterocycles. The monoisotopic (exact) mass is 519 g/mol. The minimum atomic E-state index is -4.52. The average molecular weight is 520 g/mol. The molecule has 2 fully saturated rings. The van der Waals surface area contributed by atoms with Crippen LogP contribution in [-0.4, -0.2) is 16.2 Å². The van der Waals surface area contributed by atoms with Crippen molar-refractivity contribution in [3.63, 3.8) is 0 Å². The Morgan fingerprint density at radius 2 is 1.74 bits per heavy atom. The number of hydrogen-bond donors (Lipinski definition) is 1. The number of benzene rings is 3. The molecule has 1 aromatic heterocycles. The Balaban J connectivity index is 1.24. The molecule has 0 spiro atoms. The molecule has 2 aliphatic carbocycles. The van der Waals surface area contributed by atoms with Crippen molar-refractivity contribution in [1.29, 1.82) is 0 Å². The Labute approximate surface area is 216 Å². The first-order valence-corrected chi connectivity index (χ1v) is 12.5. The summed E-state index contributed by atoms with van der Waals surface area (Å²) >= 11 is 0. The maximum Gasteiger partial charge on any atom is 0.417 e. The molecule has 1 N–H and O–H groups in total. The molecule has 0 saturated heterocycles. The van der Waals surface area contributed by atoms with E-state index in [2.05, 4.69) is 5.16 Å². The lowest BCUT2D eigenvalue weighted by molar-refractivity contribution is -0.140. The van der Waals surface area contributed by atoms with E-state index in [0.717, 1.165) is 35.6 Å². The van der Waals surface area contributed by atoms with E-state index in [1.54, 1.807) is 18.2 Å². The van der Waals surface area contributed by atoms with Crippen LogP contribution in [-0.2, 0) is 23.0 Å². The van der Waals surface area contributed by atoms with Gasteiger partial charge < -0.3 is 14.4 Å². The summed E-state index contributed by atoms with van der Waals surface area (Å²) < 4.78 is 52.6. The highest BCUT2D eigenvalue weighted by molar-refractivity contribution is 5.85. The number of nitrogens with zero attached hydrogens (tertiary/aromatic N) is 1. The first-order chi connectivity index (χ1) is 18.3. The number of aliphatic carboxylic acids is 1. The summed E-state index contributed by atoms with van der Waals surface area (Å²) in [5.74, 6) is 0.475. The molecule has 5 nitrogen and oxygen atoms in total. The van der Waals surface area contributed by atoms with Gasteiger partial charge in [-0.05, 0) is 60.6 Å². The van der Waals surface area contributed by atoms with Crippen LogP contribution < -0.4 is 4.74 Å². The zero-order chi connectivity index (χ0) is 26.5. The number of carboxylic acid groups (broad SMARTS) is 1. The topological polar surface area (TPSA) is 72.6 Å². The van der Waals surface area contributed by atoms with Crippen LogP contribution in [0.15, 0.2) is 77.3 Å². The lowest BCUT2D eigenvalue weighted by Crippen LogP contribution is -2.19. The Morgan fingerprint density at radius 3 is 2.39 bits per heavy atom. The van der Waals surface area contributed by atoms with Crippen LogP contribution in [0.3, 0.4) is 0 Å². The predicted octanol–water partition coefficient (Wildman–Crippen LogP) is 7.60. The quantitative estimate of drug-likeness (QED) is 0.260. The summed E-state index contributed by atoms with van der Waals surface area (Å²) in [6.07, 6.45) is -1.44. The molecule has 2 saturated carbocycles. The number of alkyl halides is 3. The highest BCUT2D eigenvalue weighted by atomic mass is 19.4. The van der Waals surface area contributed by atoms with Gasteiger partial charge in [-0.3, -0.25) is 4.79 Å². The van der Waals surface area contributed by atoms with E-state index in [-0.39, 0.29) is 23.8 Å². The van der Waals surface area contributed by atoms with E-state index in [9.17, 15) is 23.1 Å². The van der Waals surface area contributed by atoms with Gasteiger partial charge in [0.1, 0.15) is 23.8 Å². The molecule has 0 aliphatic heterocycles. The minimum Gasteiger partial charge on any atom is -0.489 e. The fraction of sp³-hybridized carbons (Fsp3) is 0.267. The van der Waals surface area contributed by atoms with Crippen molar-refractivity contribution < 1.29 is 32.3 Å². The maximum atomic E-state index is 13.7. The van der Waals surface area contributed by atoms with Gasteiger partial charge in [-0.2, -0.15) is 13.2 Å². The molecule has 0 radical (unpaired) electrons. The van der Waals surface area contributed by atoms with Crippen LogP contribution in [0, 0.1) is 0 Å². The van der Waals surface area contributed by atoms with Gasteiger partial charge in [0.25, 0.3) is 0 Å². The average Bonchev–Trinajstić information content (AvgIpc) is 3.85. The van der Waals surface area contributed by atoms with Gasteiger partial charge in [0, 0.05) is 11.5 Å². The first kappa shape index (κ1) is 24.3. The number of ether oxygens (including phenoxy) is 1. The molecule has 6 rings (SSSR count). The SMILES string of the molecule is O=C(O)C1(c2cccc(-c3ccc(OCc4c(-c5ccccc5C(F)(F)F)noc4C4CC4)cc3)c2)CC1. The highest BCUT2D eigenvalue weighted by Crippen LogP contribution is 2.49. The van der Waals surface area contributed by atoms with Crippen molar-refractivity contribution in [1.82, 2.24) is 5.16 Å². The molecule has 0 bridgehead atoms. The molecule has 8 heteroatoms. The van der Waals surface area contributed by atoms with E-state index in [4.69, 9.17) is 9.26 Å². The Bertz CT molecular complexity index is 1500. The van der Waals surface area contributed by atoms with E-state index in [1.807, 2.05) is 36.4 Å². The van der Waals surface area contributed by atoms with E-state index < -0.39 is 23.1 Å². The normalized spacial score (nSPS) is 16.3. The molecule has 3 aromatic carbocycles. The van der Waals surface area contributed by atoms with Crippen molar-refractivity contribution in [2.75, 3.05) is 0 Å². The van der Waals surface area contributed by atoms with Crippen molar-refractivity contribution in [3.05, 3.63) is 95.2 Å². The summed E-state index contributed by atoms with van der Waals surface area (Å²) in [6.45, 7) is 0.0207. The van der Waals surface area contributed by atoms with E-state index in [1.165, 1.54) is 12.1 Å². The molecule has 0 atom stereocenters. The maximum absolute atomic E-state index is 13.7. The largest absolute Gasteiger partial charge is 0.489 e. The van der Waals surface area contributed by atoms with Crippen LogP contribution in [0.5, 0.6) is 5.75 Å². The second kappa shape index (κ2) is 9.04. The summed E-state index contributed by atoms with van der Waals surface area (Å²) in [4.78, 5) is 11.7. The fourth-order valence-electron chi connectivity index (χ4n) is 4.92. The third-order valence-electron chi connectivity index (χ3n) is 7.40. The summed E-state index contributed by atoms with van der Waals surface area (Å²) in [6, 6.07) is 20.3. The van der Waals surface area contributed by atoms with Gasteiger partial charge in [-0.15, -0.1) is 0 Å². The molecular weight excluding hydrogens is 495 g/mol. The van der Waals surface area contributed by atoms with Gasteiger partial charge in [0.2, 0.25) is 0 Å². The number of aromatic nitrogens is 1. The van der Waals surface area contributed by atoms with Crippen LogP contribution in [0.2, 0.25) is 0 Å². The molecule has 0 amide bonds. The van der Waals surface area contributed by atoms with E-state index in [0.29, 0.717) is 29.9 Å². The third kappa shape index (κ3) is 4.44. The van der Waals surface area contributed by atoms with Crippen LogP contribution >= 0.6 is 0 Å². The second-order valence-electron chi connectivity index (χ2n) is 9.97. The predicted molar refractivity (Wildman–Crippen MR) is 134 cm³/mol. The smallest absolute Gasteiger partial charge is 0.417 e. The number of rotatable bonds is 8. The van der Waals surface area contributed by atoms with Gasteiger partial charge >= 0.3 is 12.1 Å². The molecule has 4 aromatic rings. The van der Waals surface area contributed by atoms with Crippen molar-refractivity contribution in [3.8, 4) is 28.1 Å². The first-order valence-electron chi connectivity index (χ1n) is 12.5. The Kier molecular flexibility index (Phi) is 5.78. The van der Waals surface area contributed by atoms with Gasteiger partial charge in [-0.25, -0.2) is 0 Å². The van der Waals surface area contributed by atoms with Crippen molar-refractivity contribution in [2.45, 2.75) is 49.8 Å². The molecule has 2 aliphatic rings. The molecule has 194 valence electrons.